The van der Waals surface area contributed by atoms with Crippen molar-refractivity contribution in [2.24, 2.45) is 10.7 Å². The summed E-state index contributed by atoms with van der Waals surface area (Å²) < 4.78 is 0. The quantitative estimate of drug-likeness (QED) is 0.376. The Labute approximate surface area is 104 Å². The number of nitrogens with zero attached hydrogens (tertiary/aromatic N) is 1. The smallest absolute Gasteiger partial charge is 0.121 e. The minimum Gasteiger partial charge on any atom is -0.515 e. The Hall–Kier alpha value is -2.43. The van der Waals surface area contributed by atoms with Gasteiger partial charge in [-0.2, -0.15) is 0 Å². The van der Waals surface area contributed by atoms with Crippen LogP contribution in [0.25, 0.3) is 10.9 Å². The van der Waals surface area contributed by atoms with Crippen molar-refractivity contribution >= 4 is 16.7 Å². The van der Waals surface area contributed by atoms with Gasteiger partial charge < -0.3 is 20.9 Å². The zero-order valence-corrected chi connectivity index (χ0v) is 9.80. The second kappa shape index (κ2) is 5.27. The van der Waals surface area contributed by atoms with Gasteiger partial charge in [0.15, 0.2) is 0 Å². The molecule has 0 spiro atoms. The van der Waals surface area contributed by atoms with Gasteiger partial charge in [0.25, 0.3) is 0 Å². The van der Waals surface area contributed by atoms with Gasteiger partial charge in [-0.3, -0.25) is 4.99 Å². The molecule has 0 amide bonds. The summed E-state index contributed by atoms with van der Waals surface area (Å²) in [4.78, 5) is 7.22. The van der Waals surface area contributed by atoms with E-state index < -0.39 is 0 Å². The van der Waals surface area contributed by atoms with E-state index in [2.05, 4.69) is 9.98 Å². The number of fused-ring (bicyclic) bond motifs is 1. The summed E-state index contributed by atoms with van der Waals surface area (Å²) in [7, 11) is 0. The van der Waals surface area contributed by atoms with Gasteiger partial charge >= 0.3 is 0 Å². The van der Waals surface area contributed by atoms with Crippen molar-refractivity contribution in [2.45, 2.75) is 6.42 Å². The van der Waals surface area contributed by atoms with Crippen LogP contribution in [0, 0.1) is 0 Å². The molecule has 5 heteroatoms. The third-order valence-electron chi connectivity index (χ3n) is 2.67. The number of nitrogens with one attached hydrogen (secondary N) is 1. The first-order valence-electron chi connectivity index (χ1n) is 5.60. The van der Waals surface area contributed by atoms with Crippen molar-refractivity contribution in [3.63, 3.8) is 0 Å². The molecule has 0 aliphatic rings. The molecule has 1 aromatic carbocycles. The third kappa shape index (κ3) is 2.63. The Morgan fingerprint density at radius 1 is 1.44 bits per heavy atom. The van der Waals surface area contributed by atoms with E-state index in [-0.39, 0.29) is 5.75 Å². The average molecular weight is 245 g/mol. The Morgan fingerprint density at radius 2 is 2.28 bits per heavy atom. The SMILES string of the molecule is NC(/C=C\O)=NCCc1c[nH]c2ccc(O)cc12. The van der Waals surface area contributed by atoms with Crippen LogP contribution in [0.4, 0.5) is 0 Å². The van der Waals surface area contributed by atoms with Crippen LogP contribution in [-0.2, 0) is 6.42 Å². The van der Waals surface area contributed by atoms with Crippen LogP contribution >= 0.6 is 0 Å². The first kappa shape index (κ1) is 12.0. The maximum Gasteiger partial charge on any atom is 0.121 e. The number of aromatic amines is 1. The number of aliphatic imine (C=N–C) groups is 1. The molecule has 0 radical (unpaired) electrons. The summed E-state index contributed by atoms with van der Waals surface area (Å²) in [6, 6.07) is 5.20. The van der Waals surface area contributed by atoms with Crippen LogP contribution in [0.2, 0.25) is 0 Å². The lowest BCUT2D eigenvalue weighted by Crippen LogP contribution is -2.09. The molecular formula is C13H15N3O2. The van der Waals surface area contributed by atoms with Crippen LogP contribution in [0.15, 0.2) is 41.7 Å². The van der Waals surface area contributed by atoms with Crippen molar-refractivity contribution in [3.8, 4) is 5.75 Å². The molecule has 0 unspecified atom stereocenters. The summed E-state index contributed by atoms with van der Waals surface area (Å²) in [5, 5.41) is 19.0. The number of H-pyrrole nitrogens is 1. The predicted molar refractivity (Wildman–Crippen MR) is 71.9 cm³/mol. The molecule has 5 nitrogen and oxygen atoms in total. The van der Waals surface area contributed by atoms with Gasteiger partial charge in [-0.1, -0.05) is 0 Å². The average Bonchev–Trinajstić information content (AvgIpc) is 2.72. The molecule has 0 bridgehead atoms. The zero-order valence-electron chi connectivity index (χ0n) is 9.80. The van der Waals surface area contributed by atoms with Gasteiger partial charge in [-0.15, -0.1) is 0 Å². The molecule has 1 heterocycles. The molecule has 0 aliphatic carbocycles. The molecule has 1 aromatic heterocycles. The predicted octanol–water partition coefficient (Wildman–Crippen LogP) is 1.84. The molecule has 0 fully saturated rings. The van der Waals surface area contributed by atoms with Crippen LogP contribution in [-0.4, -0.2) is 27.6 Å². The van der Waals surface area contributed by atoms with Crippen molar-refractivity contribution < 1.29 is 10.2 Å². The Bertz CT molecular complexity index is 599. The summed E-state index contributed by atoms with van der Waals surface area (Å²) >= 11 is 0. The standard InChI is InChI=1S/C13H15N3O2/c14-13(4-6-17)15-5-3-9-8-16-12-2-1-10(18)7-11(9)12/h1-2,4,6-8,16-18H,3,5H2,(H2,14,15)/b6-4-. The summed E-state index contributed by atoms with van der Waals surface area (Å²) in [6.45, 7) is 0.527. The normalized spacial score (nSPS) is 12.6. The fourth-order valence-electron chi connectivity index (χ4n) is 1.81. The highest BCUT2D eigenvalue weighted by atomic mass is 16.3. The summed E-state index contributed by atoms with van der Waals surface area (Å²) in [6.07, 6.45) is 4.81. The van der Waals surface area contributed by atoms with E-state index in [0.717, 1.165) is 22.7 Å². The first-order valence-corrected chi connectivity index (χ1v) is 5.60. The molecular weight excluding hydrogens is 230 g/mol. The zero-order chi connectivity index (χ0) is 13.0. The van der Waals surface area contributed by atoms with E-state index in [4.69, 9.17) is 10.8 Å². The van der Waals surface area contributed by atoms with Gasteiger partial charge in [0.2, 0.25) is 0 Å². The summed E-state index contributed by atoms with van der Waals surface area (Å²) in [5.74, 6) is 0.537. The first-order chi connectivity index (χ1) is 8.70. The molecule has 0 atom stereocenters. The third-order valence-corrected chi connectivity index (χ3v) is 2.67. The van der Waals surface area contributed by atoms with Crippen molar-refractivity contribution in [1.29, 1.82) is 0 Å². The highest BCUT2D eigenvalue weighted by molar-refractivity contribution is 5.91. The number of nitrogens with two attached hydrogens (primary N) is 1. The van der Waals surface area contributed by atoms with Gasteiger partial charge in [-0.25, -0.2) is 0 Å². The van der Waals surface area contributed by atoms with Crippen LogP contribution in [0.1, 0.15) is 5.56 Å². The number of rotatable bonds is 4. The minimum absolute atomic E-state index is 0.245. The molecule has 0 aliphatic heterocycles. The highest BCUT2D eigenvalue weighted by Gasteiger charge is 2.03. The van der Waals surface area contributed by atoms with Gasteiger partial charge in [0.1, 0.15) is 11.6 Å². The highest BCUT2D eigenvalue weighted by Crippen LogP contribution is 2.23. The van der Waals surface area contributed by atoms with Crippen LogP contribution in [0.3, 0.4) is 0 Å². The Morgan fingerprint density at radius 3 is 3.06 bits per heavy atom. The molecule has 2 aromatic rings. The number of aromatic hydroxyl groups is 1. The van der Waals surface area contributed by atoms with E-state index in [1.54, 1.807) is 12.1 Å². The van der Waals surface area contributed by atoms with Gasteiger partial charge in [0.05, 0.1) is 6.26 Å². The van der Waals surface area contributed by atoms with Crippen LogP contribution in [0.5, 0.6) is 5.75 Å². The number of aliphatic hydroxyl groups is 1. The van der Waals surface area contributed by atoms with Gasteiger partial charge in [0, 0.05) is 29.7 Å². The van der Waals surface area contributed by atoms with Crippen molar-refractivity contribution in [3.05, 3.63) is 42.3 Å². The minimum atomic E-state index is 0.245. The van der Waals surface area contributed by atoms with E-state index in [1.807, 2.05) is 12.3 Å². The van der Waals surface area contributed by atoms with E-state index in [9.17, 15) is 5.11 Å². The molecule has 0 saturated carbocycles. The monoisotopic (exact) mass is 245 g/mol. The second-order valence-electron chi connectivity index (χ2n) is 3.92. The number of hydrogen-bond donors (Lipinski definition) is 4. The molecule has 2 rings (SSSR count). The molecule has 0 saturated heterocycles. The van der Waals surface area contributed by atoms with Crippen LogP contribution < -0.4 is 5.73 Å². The Balaban J connectivity index is 2.13. The fraction of sp³-hybridized carbons (Fsp3) is 0.154. The molecule has 94 valence electrons. The largest absolute Gasteiger partial charge is 0.515 e. The second-order valence-corrected chi connectivity index (χ2v) is 3.92. The lowest BCUT2D eigenvalue weighted by Gasteiger charge is -1.98. The lowest BCUT2D eigenvalue weighted by atomic mass is 10.1. The molecule has 18 heavy (non-hydrogen) atoms. The summed E-state index contributed by atoms with van der Waals surface area (Å²) in [5.41, 5.74) is 7.57. The van der Waals surface area contributed by atoms with Gasteiger partial charge in [-0.05, 0) is 30.2 Å². The molecule has 5 N–H and O–H groups in total. The number of benzene rings is 1. The van der Waals surface area contributed by atoms with E-state index in [1.165, 1.54) is 6.08 Å². The van der Waals surface area contributed by atoms with Crippen molar-refractivity contribution in [1.82, 2.24) is 4.98 Å². The van der Waals surface area contributed by atoms with E-state index >= 15 is 0 Å². The number of amidine groups is 1. The maximum atomic E-state index is 9.46. The topological polar surface area (TPSA) is 94.6 Å². The Kier molecular flexibility index (Phi) is 3.52. The number of phenols is 1. The fourth-order valence-corrected chi connectivity index (χ4v) is 1.81. The number of aliphatic hydroxyl groups excluding tert-OH is 1. The number of hydrogen-bond acceptors (Lipinski definition) is 3. The lowest BCUT2D eigenvalue weighted by molar-refractivity contribution is 0.474. The maximum absolute atomic E-state index is 9.46. The van der Waals surface area contributed by atoms with E-state index in [0.29, 0.717) is 18.8 Å². The van der Waals surface area contributed by atoms with Crippen molar-refractivity contribution in [2.75, 3.05) is 6.54 Å². The number of aromatic nitrogens is 1. The number of phenolic OH excluding ortho intramolecular Hbond substituents is 1.